The van der Waals surface area contributed by atoms with Crippen molar-refractivity contribution in [2.45, 2.75) is 59.3 Å². The van der Waals surface area contributed by atoms with Crippen LogP contribution in [0.5, 0.6) is 0 Å². The summed E-state index contributed by atoms with van der Waals surface area (Å²) in [6.07, 6.45) is 5.57. The maximum absolute atomic E-state index is 12.5. The second kappa shape index (κ2) is 8.81. The van der Waals surface area contributed by atoms with Gasteiger partial charge < -0.3 is 14.7 Å². The van der Waals surface area contributed by atoms with E-state index >= 15 is 0 Å². The average molecular weight is 408 g/mol. The lowest BCUT2D eigenvalue weighted by molar-refractivity contribution is -0.116. The van der Waals surface area contributed by atoms with Crippen molar-refractivity contribution in [2.24, 2.45) is 0 Å². The first kappa shape index (κ1) is 20.3. The van der Waals surface area contributed by atoms with Crippen molar-refractivity contribution >= 4 is 28.5 Å². The van der Waals surface area contributed by atoms with E-state index in [1.807, 2.05) is 32.9 Å². The van der Waals surface area contributed by atoms with Crippen LogP contribution in [0.3, 0.4) is 0 Å². The fourth-order valence-corrected chi connectivity index (χ4v) is 4.13. The quantitative estimate of drug-likeness (QED) is 0.671. The highest BCUT2D eigenvalue weighted by atomic mass is 16.5. The Kier molecular flexibility index (Phi) is 5.97. The number of anilines is 2. The molecule has 0 saturated carbocycles. The number of benzene rings is 1. The topological polar surface area (TPSA) is 84.2 Å². The van der Waals surface area contributed by atoms with Crippen LogP contribution >= 0.6 is 0 Å². The first-order valence-corrected chi connectivity index (χ1v) is 10.8. The zero-order valence-corrected chi connectivity index (χ0v) is 18.0. The molecule has 0 radical (unpaired) electrons. The number of carbonyl (C=O) groups is 1. The third-order valence-electron chi connectivity index (χ3n) is 5.52. The Bertz CT molecular complexity index is 1030. The molecule has 0 aliphatic carbocycles. The predicted molar refractivity (Wildman–Crippen MR) is 118 cm³/mol. The molecule has 7 heteroatoms. The Morgan fingerprint density at radius 2 is 1.73 bits per heavy atom. The van der Waals surface area contributed by atoms with E-state index in [0.717, 1.165) is 59.6 Å². The van der Waals surface area contributed by atoms with Crippen molar-refractivity contribution in [1.82, 2.24) is 15.1 Å². The Hall–Kier alpha value is -2.96. The third kappa shape index (κ3) is 4.61. The standard InChI is InChI=1S/C23H29N5O2/c1-15-12-16(2)14-18(13-15)24-20(29)9-8-19-25-22(28-10-6-4-5-7-11-28)21-17(3)27-30-23(21)26-19/h12-14H,4-11H2,1-3H3,(H,24,29). The van der Waals surface area contributed by atoms with Crippen LogP contribution in [0.1, 0.15) is 54.7 Å². The van der Waals surface area contributed by atoms with Gasteiger partial charge in [0.1, 0.15) is 17.0 Å². The molecule has 1 aliphatic rings. The first-order valence-electron chi connectivity index (χ1n) is 10.8. The molecular formula is C23H29N5O2. The highest BCUT2D eigenvalue weighted by Crippen LogP contribution is 2.29. The summed E-state index contributed by atoms with van der Waals surface area (Å²) in [5.74, 6) is 1.47. The monoisotopic (exact) mass is 407 g/mol. The molecule has 30 heavy (non-hydrogen) atoms. The first-order chi connectivity index (χ1) is 14.5. The molecule has 1 aliphatic heterocycles. The molecule has 3 aromatic rings. The number of amides is 1. The zero-order chi connectivity index (χ0) is 21.1. The van der Waals surface area contributed by atoms with Crippen molar-refractivity contribution in [1.29, 1.82) is 0 Å². The molecule has 7 nitrogen and oxygen atoms in total. The molecule has 4 rings (SSSR count). The van der Waals surface area contributed by atoms with Gasteiger partial charge in [0, 0.05) is 31.6 Å². The normalized spacial score (nSPS) is 14.7. The van der Waals surface area contributed by atoms with Gasteiger partial charge in [-0.1, -0.05) is 24.1 Å². The molecule has 1 fully saturated rings. The summed E-state index contributed by atoms with van der Waals surface area (Å²) in [7, 11) is 0. The second-order valence-electron chi connectivity index (χ2n) is 8.24. The van der Waals surface area contributed by atoms with E-state index in [9.17, 15) is 4.79 Å². The van der Waals surface area contributed by atoms with Gasteiger partial charge in [0.25, 0.3) is 5.71 Å². The number of nitrogens with zero attached hydrogens (tertiary/aromatic N) is 4. The molecule has 0 spiro atoms. The Balaban J connectivity index is 1.51. The maximum Gasteiger partial charge on any atom is 0.263 e. The molecule has 158 valence electrons. The van der Waals surface area contributed by atoms with Crippen LogP contribution in [-0.4, -0.2) is 34.1 Å². The largest absolute Gasteiger partial charge is 0.356 e. The SMILES string of the molecule is Cc1cc(C)cc(NC(=O)CCc2nc(N3CCCCCC3)c3c(C)noc3n2)c1. The van der Waals surface area contributed by atoms with Crippen LogP contribution in [0.15, 0.2) is 22.7 Å². The number of carbonyl (C=O) groups excluding carboxylic acids is 1. The van der Waals surface area contributed by atoms with E-state index in [1.54, 1.807) is 0 Å². The smallest absolute Gasteiger partial charge is 0.263 e. The lowest BCUT2D eigenvalue weighted by atomic mass is 10.1. The molecule has 1 aromatic carbocycles. The molecule has 3 heterocycles. The minimum absolute atomic E-state index is 0.0474. The van der Waals surface area contributed by atoms with Crippen molar-refractivity contribution in [3.8, 4) is 0 Å². The lowest BCUT2D eigenvalue weighted by Gasteiger charge is -2.22. The van der Waals surface area contributed by atoms with Gasteiger partial charge in [-0.3, -0.25) is 4.79 Å². The van der Waals surface area contributed by atoms with Gasteiger partial charge in [-0.2, -0.15) is 4.98 Å². The van der Waals surface area contributed by atoms with Gasteiger partial charge in [-0.05, 0) is 56.9 Å². The Labute approximate surface area is 176 Å². The van der Waals surface area contributed by atoms with Crippen molar-refractivity contribution in [3.05, 3.63) is 40.8 Å². The zero-order valence-electron chi connectivity index (χ0n) is 18.0. The number of hydrogen-bond donors (Lipinski definition) is 1. The fourth-order valence-electron chi connectivity index (χ4n) is 4.13. The minimum atomic E-state index is -0.0474. The molecule has 0 bridgehead atoms. The van der Waals surface area contributed by atoms with Crippen molar-refractivity contribution < 1.29 is 9.32 Å². The van der Waals surface area contributed by atoms with Crippen LogP contribution in [0.4, 0.5) is 11.5 Å². The molecule has 1 N–H and O–H groups in total. The summed E-state index contributed by atoms with van der Waals surface area (Å²) in [6.45, 7) is 7.92. The van der Waals surface area contributed by atoms with E-state index in [2.05, 4.69) is 26.4 Å². The summed E-state index contributed by atoms with van der Waals surface area (Å²) in [5, 5.41) is 7.97. The molecular weight excluding hydrogens is 378 g/mol. The number of fused-ring (bicyclic) bond motifs is 1. The summed E-state index contributed by atoms with van der Waals surface area (Å²) < 4.78 is 5.45. The predicted octanol–water partition coefficient (Wildman–Crippen LogP) is 4.49. The molecule has 1 amide bonds. The average Bonchev–Trinajstić information content (AvgIpc) is 2.90. The Morgan fingerprint density at radius 3 is 2.43 bits per heavy atom. The van der Waals surface area contributed by atoms with Crippen LogP contribution in [0.2, 0.25) is 0 Å². The summed E-state index contributed by atoms with van der Waals surface area (Å²) in [6, 6.07) is 6.03. The van der Waals surface area contributed by atoms with Crippen molar-refractivity contribution in [2.75, 3.05) is 23.3 Å². The van der Waals surface area contributed by atoms with Crippen LogP contribution < -0.4 is 10.2 Å². The summed E-state index contributed by atoms with van der Waals surface area (Å²) in [5.41, 5.74) is 4.39. The summed E-state index contributed by atoms with van der Waals surface area (Å²) in [4.78, 5) is 24.2. The van der Waals surface area contributed by atoms with Crippen molar-refractivity contribution in [3.63, 3.8) is 0 Å². The van der Waals surface area contributed by atoms with Crippen LogP contribution in [-0.2, 0) is 11.2 Å². The molecule has 1 saturated heterocycles. The second-order valence-corrected chi connectivity index (χ2v) is 8.24. The lowest BCUT2D eigenvalue weighted by Crippen LogP contribution is -2.26. The van der Waals surface area contributed by atoms with Gasteiger partial charge in [0.2, 0.25) is 5.91 Å². The van der Waals surface area contributed by atoms with Gasteiger partial charge in [-0.15, -0.1) is 0 Å². The third-order valence-corrected chi connectivity index (χ3v) is 5.52. The van der Waals surface area contributed by atoms with E-state index in [-0.39, 0.29) is 5.91 Å². The number of nitrogens with one attached hydrogen (secondary N) is 1. The molecule has 2 aromatic heterocycles. The van der Waals surface area contributed by atoms with E-state index < -0.39 is 0 Å². The van der Waals surface area contributed by atoms with Crippen LogP contribution in [0.25, 0.3) is 11.1 Å². The minimum Gasteiger partial charge on any atom is -0.356 e. The number of aromatic nitrogens is 3. The molecule has 0 unspecified atom stereocenters. The van der Waals surface area contributed by atoms with E-state index in [0.29, 0.717) is 24.4 Å². The van der Waals surface area contributed by atoms with E-state index in [1.165, 1.54) is 12.8 Å². The van der Waals surface area contributed by atoms with E-state index in [4.69, 9.17) is 9.51 Å². The number of hydrogen-bond acceptors (Lipinski definition) is 6. The highest BCUT2D eigenvalue weighted by Gasteiger charge is 2.21. The maximum atomic E-state index is 12.5. The van der Waals surface area contributed by atoms with Gasteiger partial charge in [-0.25, -0.2) is 4.98 Å². The summed E-state index contributed by atoms with van der Waals surface area (Å²) >= 11 is 0. The number of rotatable bonds is 5. The molecule has 0 atom stereocenters. The van der Waals surface area contributed by atoms with Gasteiger partial charge in [0.15, 0.2) is 0 Å². The number of aryl methyl sites for hydroxylation is 4. The van der Waals surface area contributed by atoms with Gasteiger partial charge in [0.05, 0.1) is 5.69 Å². The Morgan fingerprint density at radius 1 is 1.03 bits per heavy atom. The van der Waals surface area contributed by atoms with Gasteiger partial charge >= 0.3 is 0 Å². The van der Waals surface area contributed by atoms with Crippen LogP contribution in [0, 0.1) is 20.8 Å². The highest BCUT2D eigenvalue weighted by molar-refractivity contribution is 5.91. The fraction of sp³-hybridized carbons (Fsp3) is 0.478.